The van der Waals surface area contributed by atoms with Crippen molar-refractivity contribution in [1.29, 1.82) is 0 Å². The number of hydrogen-bond acceptors (Lipinski definition) is 2. The number of carboxylic acid groups (broad SMARTS) is 1. The molecule has 2 aromatic rings. The first-order chi connectivity index (χ1) is 11.1. The Morgan fingerprint density at radius 3 is 1.87 bits per heavy atom. The number of carbonyl (C=O) groups is 1. The summed E-state index contributed by atoms with van der Waals surface area (Å²) in [6.45, 7) is 4.14. The Morgan fingerprint density at radius 2 is 1.48 bits per heavy atom. The zero-order chi connectivity index (χ0) is 16.7. The minimum Gasteiger partial charge on any atom is -0.480 e. The molecule has 3 heteroatoms. The molecule has 1 unspecified atom stereocenters. The van der Waals surface area contributed by atoms with Crippen LogP contribution in [0, 0.1) is 5.92 Å². The van der Waals surface area contributed by atoms with E-state index >= 15 is 0 Å². The summed E-state index contributed by atoms with van der Waals surface area (Å²) in [5.74, 6) is -0.540. The van der Waals surface area contributed by atoms with Crippen LogP contribution in [-0.4, -0.2) is 22.8 Å². The Labute approximate surface area is 137 Å². The average molecular weight is 309 g/mol. The van der Waals surface area contributed by atoms with Crippen molar-refractivity contribution in [2.45, 2.75) is 32.7 Å². The van der Waals surface area contributed by atoms with Crippen LogP contribution < -0.4 is 0 Å². The molecule has 0 heterocycles. The van der Waals surface area contributed by atoms with E-state index in [1.54, 1.807) is 0 Å². The van der Waals surface area contributed by atoms with Crippen LogP contribution in [0.3, 0.4) is 0 Å². The lowest BCUT2D eigenvalue weighted by Crippen LogP contribution is -2.23. The molecule has 0 fully saturated rings. The summed E-state index contributed by atoms with van der Waals surface area (Å²) in [5.41, 5.74) is 2.62. The van der Waals surface area contributed by atoms with E-state index in [0.717, 1.165) is 23.3 Å². The van der Waals surface area contributed by atoms with E-state index in [1.165, 1.54) is 0 Å². The highest BCUT2D eigenvalue weighted by molar-refractivity contribution is 6.13. The number of aliphatic imine (C=N–C) groups is 1. The minimum atomic E-state index is -0.866. The van der Waals surface area contributed by atoms with E-state index in [4.69, 9.17) is 0 Å². The average Bonchev–Trinajstić information content (AvgIpc) is 2.59. The van der Waals surface area contributed by atoms with Gasteiger partial charge < -0.3 is 5.11 Å². The van der Waals surface area contributed by atoms with Gasteiger partial charge >= 0.3 is 5.97 Å². The minimum absolute atomic E-state index is 0.327. The molecule has 0 aromatic heterocycles. The Kier molecular flexibility index (Phi) is 6.10. The molecule has 0 aliphatic carbocycles. The van der Waals surface area contributed by atoms with E-state index in [1.807, 2.05) is 60.7 Å². The van der Waals surface area contributed by atoms with Crippen molar-refractivity contribution in [3.8, 4) is 0 Å². The predicted octanol–water partition coefficient (Wildman–Crippen LogP) is 4.41. The van der Waals surface area contributed by atoms with Gasteiger partial charge in [0.2, 0.25) is 0 Å². The summed E-state index contributed by atoms with van der Waals surface area (Å²) < 4.78 is 0. The van der Waals surface area contributed by atoms with Gasteiger partial charge in [0.05, 0.1) is 5.71 Å². The number of rotatable bonds is 7. The van der Waals surface area contributed by atoms with Crippen LogP contribution in [0.25, 0.3) is 0 Å². The van der Waals surface area contributed by atoms with Crippen LogP contribution in [0.5, 0.6) is 0 Å². The quantitative estimate of drug-likeness (QED) is 0.770. The molecule has 120 valence electrons. The molecule has 3 nitrogen and oxygen atoms in total. The maximum Gasteiger partial charge on any atom is 0.328 e. The molecule has 0 saturated carbocycles. The molecule has 0 aliphatic rings. The van der Waals surface area contributed by atoms with Gasteiger partial charge in [0.1, 0.15) is 6.04 Å². The van der Waals surface area contributed by atoms with Crippen molar-refractivity contribution in [1.82, 2.24) is 0 Å². The van der Waals surface area contributed by atoms with Gasteiger partial charge in [-0.25, -0.2) is 4.79 Å². The third kappa shape index (κ3) is 4.78. The van der Waals surface area contributed by atoms with Gasteiger partial charge in [-0.1, -0.05) is 80.9 Å². The van der Waals surface area contributed by atoms with Crippen molar-refractivity contribution in [3.63, 3.8) is 0 Å². The molecule has 23 heavy (non-hydrogen) atoms. The summed E-state index contributed by atoms with van der Waals surface area (Å²) in [6.07, 6.45) is 1.50. The smallest absolute Gasteiger partial charge is 0.328 e. The predicted molar refractivity (Wildman–Crippen MR) is 94.0 cm³/mol. The molecular formula is C20H23NO2. The van der Waals surface area contributed by atoms with E-state index in [9.17, 15) is 9.90 Å². The SMILES string of the molecule is CCC(C)C[C@H](N=C(c1ccccc1)c1ccccc1)C(=O)O. The molecule has 1 N–H and O–H groups in total. The topological polar surface area (TPSA) is 49.7 Å². The van der Waals surface area contributed by atoms with Crippen LogP contribution in [0.4, 0.5) is 0 Å². The Hall–Kier alpha value is -2.42. The first-order valence-electron chi connectivity index (χ1n) is 8.03. The summed E-state index contributed by atoms with van der Waals surface area (Å²) >= 11 is 0. The molecular weight excluding hydrogens is 286 g/mol. The maximum atomic E-state index is 11.6. The van der Waals surface area contributed by atoms with Crippen LogP contribution >= 0.6 is 0 Å². The molecule has 0 spiro atoms. The van der Waals surface area contributed by atoms with Crippen LogP contribution in [0.2, 0.25) is 0 Å². The van der Waals surface area contributed by atoms with Gasteiger partial charge in [-0.15, -0.1) is 0 Å². The summed E-state index contributed by atoms with van der Waals surface area (Å²) in [7, 11) is 0. The van der Waals surface area contributed by atoms with Crippen molar-refractivity contribution < 1.29 is 9.90 Å². The second kappa shape index (κ2) is 8.28. The Balaban J connectivity index is 2.45. The fraction of sp³-hybridized carbons (Fsp3) is 0.300. The molecule has 2 rings (SSSR count). The summed E-state index contributed by atoms with van der Waals surface area (Å²) in [6, 6.07) is 18.8. The van der Waals surface area contributed by atoms with E-state index < -0.39 is 12.0 Å². The van der Waals surface area contributed by atoms with E-state index in [-0.39, 0.29) is 0 Å². The lowest BCUT2D eigenvalue weighted by atomic mass is 9.98. The van der Waals surface area contributed by atoms with E-state index in [0.29, 0.717) is 12.3 Å². The number of carboxylic acids is 1. The maximum absolute atomic E-state index is 11.6. The van der Waals surface area contributed by atoms with Gasteiger partial charge in [0, 0.05) is 11.1 Å². The second-order valence-electron chi connectivity index (χ2n) is 5.81. The van der Waals surface area contributed by atoms with E-state index in [2.05, 4.69) is 18.8 Å². The zero-order valence-corrected chi connectivity index (χ0v) is 13.6. The van der Waals surface area contributed by atoms with Crippen molar-refractivity contribution in [3.05, 3.63) is 71.8 Å². The monoisotopic (exact) mass is 309 g/mol. The molecule has 0 aliphatic heterocycles. The lowest BCUT2D eigenvalue weighted by Gasteiger charge is -2.15. The van der Waals surface area contributed by atoms with Crippen LogP contribution in [0.15, 0.2) is 65.7 Å². The standard InChI is InChI=1S/C20H23NO2/c1-3-15(2)14-18(20(22)23)21-19(16-10-6-4-7-11-16)17-12-8-5-9-13-17/h4-13,15,18H,3,14H2,1-2H3,(H,22,23)/t15?,18-/m0/s1. The second-order valence-corrected chi connectivity index (χ2v) is 5.81. The summed E-state index contributed by atoms with van der Waals surface area (Å²) in [4.78, 5) is 16.3. The molecule has 0 bridgehead atoms. The zero-order valence-electron chi connectivity index (χ0n) is 13.6. The third-order valence-electron chi connectivity index (χ3n) is 3.99. The molecule has 2 atom stereocenters. The molecule has 0 amide bonds. The number of hydrogen-bond donors (Lipinski definition) is 1. The van der Waals surface area contributed by atoms with Crippen molar-refractivity contribution in [2.75, 3.05) is 0 Å². The first-order valence-corrected chi connectivity index (χ1v) is 8.03. The Bertz CT molecular complexity index is 608. The highest BCUT2D eigenvalue weighted by Gasteiger charge is 2.20. The van der Waals surface area contributed by atoms with Crippen molar-refractivity contribution in [2.24, 2.45) is 10.9 Å². The number of nitrogens with zero attached hydrogens (tertiary/aromatic N) is 1. The number of benzene rings is 2. The van der Waals surface area contributed by atoms with Gasteiger partial charge in [-0.3, -0.25) is 4.99 Å². The van der Waals surface area contributed by atoms with Gasteiger partial charge in [-0.2, -0.15) is 0 Å². The van der Waals surface area contributed by atoms with Crippen LogP contribution in [-0.2, 0) is 4.79 Å². The highest BCUT2D eigenvalue weighted by Crippen LogP contribution is 2.17. The third-order valence-corrected chi connectivity index (χ3v) is 3.99. The van der Waals surface area contributed by atoms with Crippen molar-refractivity contribution >= 4 is 11.7 Å². The lowest BCUT2D eigenvalue weighted by molar-refractivity contribution is -0.138. The molecule has 0 radical (unpaired) electrons. The highest BCUT2D eigenvalue weighted by atomic mass is 16.4. The normalized spacial score (nSPS) is 13.1. The van der Waals surface area contributed by atoms with Gasteiger partial charge in [-0.05, 0) is 12.3 Å². The molecule has 2 aromatic carbocycles. The largest absolute Gasteiger partial charge is 0.480 e. The fourth-order valence-electron chi connectivity index (χ4n) is 2.42. The fourth-order valence-corrected chi connectivity index (χ4v) is 2.42. The first kappa shape index (κ1) is 16.9. The number of aliphatic carboxylic acids is 1. The van der Waals surface area contributed by atoms with Crippen LogP contribution in [0.1, 0.15) is 37.8 Å². The molecule has 0 saturated heterocycles. The van der Waals surface area contributed by atoms with Gasteiger partial charge in [0.15, 0.2) is 0 Å². The Morgan fingerprint density at radius 1 is 1.00 bits per heavy atom. The van der Waals surface area contributed by atoms with Gasteiger partial charge in [0.25, 0.3) is 0 Å². The summed E-state index contributed by atoms with van der Waals surface area (Å²) in [5, 5.41) is 9.55.